The fourth-order valence-corrected chi connectivity index (χ4v) is 2.49. The van der Waals surface area contributed by atoms with Crippen LogP contribution in [0.25, 0.3) is 0 Å². The summed E-state index contributed by atoms with van der Waals surface area (Å²) in [5.74, 6) is -0.186. The lowest BCUT2D eigenvalue weighted by molar-refractivity contribution is -0.152. The van der Waals surface area contributed by atoms with E-state index in [1.165, 1.54) is 0 Å². The minimum atomic E-state index is -1.07. The summed E-state index contributed by atoms with van der Waals surface area (Å²) < 4.78 is 1.80. The van der Waals surface area contributed by atoms with Crippen LogP contribution in [0.5, 0.6) is 0 Å². The number of hydrogen-bond donors (Lipinski definition) is 2. The van der Waals surface area contributed by atoms with Crippen LogP contribution in [-0.2, 0) is 9.59 Å². The molecule has 1 fully saturated rings. The average molecular weight is 279 g/mol. The Morgan fingerprint density at radius 1 is 1.40 bits per heavy atom. The van der Waals surface area contributed by atoms with Crippen LogP contribution in [0.4, 0.5) is 0 Å². The van der Waals surface area contributed by atoms with Crippen LogP contribution in [0.1, 0.15) is 57.8 Å². The molecule has 1 saturated carbocycles. The van der Waals surface area contributed by atoms with E-state index in [1.54, 1.807) is 23.9 Å². The van der Waals surface area contributed by atoms with E-state index in [9.17, 15) is 14.7 Å². The van der Waals surface area contributed by atoms with Crippen molar-refractivity contribution in [1.82, 2.24) is 14.9 Å². The summed E-state index contributed by atoms with van der Waals surface area (Å²) in [5, 5.41) is 12.0. The van der Waals surface area contributed by atoms with Gasteiger partial charge in [-0.3, -0.25) is 4.79 Å². The van der Waals surface area contributed by atoms with Crippen LogP contribution in [0.2, 0.25) is 0 Å². The van der Waals surface area contributed by atoms with Gasteiger partial charge in [-0.1, -0.05) is 13.8 Å². The molecule has 0 bridgehead atoms. The van der Waals surface area contributed by atoms with Crippen molar-refractivity contribution in [3.8, 4) is 0 Å². The van der Waals surface area contributed by atoms with E-state index in [2.05, 4.69) is 10.3 Å². The van der Waals surface area contributed by atoms with Crippen molar-refractivity contribution in [1.29, 1.82) is 0 Å². The number of nitrogens with zero attached hydrogens (tertiary/aromatic N) is 2. The van der Waals surface area contributed by atoms with Crippen molar-refractivity contribution in [3.63, 3.8) is 0 Å². The minimum absolute atomic E-state index is 0.206. The molecule has 0 aliphatic heterocycles. The van der Waals surface area contributed by atoms with Crippen molar-refractivity contribution < 1.29 is 14.7 Å². The van der Waals surface area contributed by atoms with Gasteiger partial charge in [0.2, 0.25) is 5.91 Å². The number of carbonyl (C=O) groups excluding carboxylic acids is 1. The third-order valence-electron chi connectivity index (χ3n) is 3.99. The largest absolute Gasteiger partial charge is 0.480 e. The lowest BCUT2D eigenvalue weighted by Gasteiger charge is -2.39. The third-order valence-corrected chi connectivity index (χ3v) is 3.99. The van der Waals surface area contributed by atoms with Crippen molar-refractivity contribution in [3.05, 3.63) is 18.2 Å². The Labute approximate surface area is 118 Å². The summed E-state index contributed by atoms with van der Waals surface area (Å²) in [6.07, 6.45) is 5.26. The molecule has 0 unspecified atom stereocenters. The van der Waals surface area contributed by atoms with Gasteiger partial charge in [-0.25, -0.2) is 9.78 Å². The molecular formula is C14H21N3O3. The summed E-state index contributed by atoms with van der Waals surface area (Å²) in [5.41, 5.74) is -1.07. The van der Waals surface area contributed by atoms with Crippen LogP contribution in [-0.4, -0.2) is 32.1 Å². The van der Waals surface area contributed by atoms with Crippen LogP contribution in [0.15, 0.2) is 12.4 Å². The highest BCUT2D eigenvalue weighted by atomic mass is 16.4. The van der Waals surface area contributed by atoms with Gasteiger partial charge in [-0.05, 0) is 26.2 Å². The lowest BCUT2D eigenvalue weighted by atomic mass is 9.76. The Bertz CT molecular complexity index is 517. The van der Waals surface area contributed by atoms with E-state index in [1.807, 2.05) is 13.8 Å². The molecule has 6 heteroatoms. The summed E-state index contributed by atoms with van der Waals surface area (Å²) in [7, 11) is 0. The smallest absolute Gasteiger partial charge is 0.329 e. The topological polar surface area (TPSA) is 84.2 Å². The molecule has 6 nitrogen and oxygen atoms in total. The van der Waals surface area contributed by atoms with Crippen molar-refractivity contribution in [2.75, 3.05) is 0 Å². The average Bonchev–Trinajstić information content (AvgIpc) is 2.81. The number of rotatable bonds is 5. The van der Waals surface area contributed by atoms with Gasteiger partial charge in [0, 0.05) is 18.3 Å². The Morgan fingerprint density at radius 3 is 2.50 bits per heavy atom. The summed E-state index contributed by atoms with van der Waals surface area (Å²) in [4.78, 5) is 27.8. The molecule has 1 amide bonds. The number of aromatic nitrogens is 2. The third kappa shape index (κ3) is 2.42. The van der Waals surface area contributed by atoms with E-state index >= 15 is 0 Å². The highest BCUT2D eigenvalue weighted by molar-refractivity contribution is 5.89. The second kappa shape index (κ2) is 5.26. The van der Waals surface area contributed by atoms with Crippen LogP contribution in [0.3, 0.4) is 0 Å². The van der Waals surface area contributed by atoms with Gasteiger partial charge in [0.05, 0.1) is 0 Å². The van der Waals surface area contributed by atoms with Crippen molar-refractivity contribution in [2.45, 2.75) is 57.5 Å². The number of carbonyl (C=O) groups is 2. The monoisotopic (exact) mass is 279 g/mol. The van der Waals surface area contributed by atoms with Gasteiger partial charge in [-0.15, -0.1) is 0 Å². The predicted molar refractivity (Wildman–Crippen MR) is 73.4 cm³/mol. The molecule has 1 aromatic heterocycles. The SMILES string of the molecule is CC(C)c1nccn1[C@H](C)C(=O)NC1(C(=O)O)CCC1. The number of nitrogens with one attached hydrogen (secondary N) is 1. The fraction of sp³-hybridized carbons (Fsp3) is 0.643. The standard InChI is InChI=1S/C14H21N3O3/c1-9(2)11-15-7-8-17(11)10(3)12(18)16-14(13(19)20)5-4-6-14/h7-10H,4-6H2,1-3H3,(H,16,18)(H,19,20)/t10-/m1/s1. The predicted octanol–water partition coefficient (Wildman–Crippen LogP) is 1.69. The first-order chi connectivity index (χ1) is 9.37. The normalized spacial score (nSPS) is 18.4. The lowest BCUT2D eigenvalue weighted by Crippen LogP contribution is -2.60. The van der Waals surface area contributed by atoms with E-state index in [4.69, 9.17) is 0 Å². The zero-order valence-corrected chi connectivity index (χ0v) is 12.1. The van der Waals surface area contributed by atoms with Gasteiger partial charge in [0.25, 0.3) is 0 Å². The van der Waals surface area contributed by atoms with Gasteiger partial charge in [0.1, 0.15) is 17.4 Å². The van der Waals surface area contributed by atoms with E-state index < -0.39 is 17.6 Å². The van der Waals surface area contributed by atoms with Crippen molar-refractivity contribution >= 4 is 11.9 Å². The zero-order chi connectivity index (χ0) is 14.9. The molecule has 2 N–H and O–H groups in total. The molecule has 0 aromatic carbocycles. The van der Waals surface area contributed by atoms with Gasteiger partial charge >= 0.3 is 5.97 Å². The molecule has 1 aliphatic rings. The first-order valence-corrected chi connectivity index (χ1v) is 6.95. The van der Waals surface area contributed by atoms with Gasteiger partial charge < -0.3 is 15.0 Å². The fourth-order valence-electron chi connectivity index (χ4n) is 2.49. The van der Waals surface area contributed by atoms with Gasteiger partial charge in [-0.2, -0.15) is 0 Å². The number of aliphatic carboxylic acids is 1. The molecule has 0 spiro atoms. The highest BCUT2D eigenvalue weighted by Gasteiger charge is 2.46. The Hall–Kier alpha value is -1.85. The molecule has 20 heavy (non-hydrogen) atoms. The maximum absolute atomic E-state index is 12.3. The van der Waals surface area contributed by atoms with E-state index in [0.717, 1.165) is 12.2 Å². The highest BCUT2D eigenvalue weighted by Crippen LogP contribution is 2.32. The quantitative estimate of drug-likeness (QED) is 0.859. The molecule has 110 valence electrons. The van der Waals surface area contributed by atoms with Crippen LogP contribution < -0.4 is 5.32 Å². The molecule has 0 saturated heterocycles. The van der Waals surface area contributed by atoms with E-state index in [0.29, 0.717) is 12.8 Å². The van der Waals surface area contributed by atoms with Crippen LogP contribution >= 0.6 is 0 Å². The number of hydrogen-bond acceptors (Lipinski definition) is 3. The first kappa shape index (κ1) is 14.6. The zero-order valence-electron chi connectivity index (χ0n) is 12.1. The number of imidazole rings is 1. The molecule has 1 atom stereocenters. The molecular weight excluding hydrogens is 258 g/mol. The molecule has 0 radical (unpaired) electrons. The summed E-state index contributed by atoms with van der Waals surface area (Å²) in [6, 6.07) is -0.466. The van der Waals surface area contributed by atoms with Crippen LogP contribution in [0, 0.1) is 0 Å². The Kier molecular flexibility index (Phi) is 3.83. The molecule has 1 aromatic rings. The van der Waals surface area contributed by atoms with E-state index in [-0.39, 0.29) is 11.8 Å². The van der Waals surface area contributed by atoms with Crippen molar-refractivity contribution in [2.24, 2.45) is 0 Å². The number of carboxylic acids is 1. The molecule has 2 rings (SSSR count). The minimum Gasteiger partial charge on any atom is -0.480 e. The Morgan fingerprint density at radius 2 is 2.05 bits per heavy atom. The second-order valence-electron chi connectivity index (χ2n) is 5.75. The van der Waals surface area contributed by atoms with Gasteiger partial charge in [0.15, 0.2) is 0 Å². The number of amides is 1. The Balaban J connectivity index is 2.13. The summed E-state index contributed by atoms with van der Waals surface area (Å²) in [6.45, 7) is 5.78. The second-order valence-corrected chi connectivity index (χ2v) is 5.75. The maximum atomic E-state index is 12.3. The maximum Gasteiger partial charge on any atom is 0.329 e. The molecule has 1 heterocycles. The molecule has 1 aliphatic carbocycles. The first-order valence-electron chi connectivity index (χ1n) is 6.95. The number of carboxylic acid groups (broad SMARTS) is 1. The summed E-state index contributed by atoms with van der Waals surface area (Å²) >= 11 is 0.